The highest BCUT2D eigenvalue weighted by molar-refractivity contribution is 7.80. The van der Waals surface area contributed by atoms with E-state index in [9.17, 15) is 17.8 Å². The van der Waals surface area contributed by atoms with Gasteiger partial charge in [-0.3, -0.25) is 8.98 Å². The molecule has 0 spiro atoms. The molecule has 0 saturated heterocycles. The van der Waals surface area contributed by atoms with Crippen LogP contribution in [0.25, 0.3) is 0 Å². The molecule has 0 unspecified atom stereocenters. The summed E-state index contributed by atoms with van der Waals surface area (Å²) in [4.78, 5) is 13.2. The van der Waals surface area contributed by atoms with E-state index in [0.717, 1.165) is 25.0 Å². The minimum atomic E-state index is -4.42. The first-order valence-corrected chi connectivity index (χ1v) is 7.73. The third-order valence-electron chi connectivity index (χ3n) is 2.42. The molecule has 0 aliphatic rings. The van der Waals surface area contributed by atoms with Crippen LogP contribution in [0, 0.1) is 0 Å². The Morgan fingerprint density at radius 2 is 1.80 bits per heavy atom. The second-order valence-corrected chi connectivity index (χ2v) is 5.25. The first-order valence-electron chi connectivity index (χ1n) is 6.40. The molecule has 0 radical (unpaired) electrons. The quantitative estimate of drug-likeness (QED) is 0.418. The van der Waals surface area contributed by atoms with Gasteiger partial charge in [-0.15, -0.1) is 0 Å². The molecular formula is C12H26N2O5S. The monoisotopic (exact) mass is 310 g/mol. The number of rotatable bonds is 6. The van der Waals surface area contributed by atoms with Crippen molar-refractivity contribution in [3.63, 3.8) is 0 Å². The normalized spacial score (nSPS) is 12.2. The molecule has 0 aliphatic carbocycles. The van der Waals surface area contributed by atoms with E-state index < -0.39 is 10.4 Å². The van der Waals surface area contributed by atoms with Crippen LogP contribution in [-0.2, 0) is 19.4 Å². The molecule has 0 heterocycles. The number of nitrogens with zero attached hydrogens (tertiary/aromatic N) is 1. The van der Waals surface area contributed by atoms with Crippen LogP contribution in [-0.4, -0.2) is 51.0 Å². The van der Waals surface area contributed by atoms with Gasteiger partial charge >= 0.3 is 0 Å². The highest BCUT2D eigenvalue weighted by atomic mass is 32.3. The Balaban J connectivity index is 0. The molecule has 0 aromatic rings. The summed E-state index contributed by atoms with van der Waals surface area (Å²) >= 11 is 0. The SMILES string of the molecule is CCC(CC[NH3+])=C(C)C(=O)N(C)C.CCOS(=O)(=O)[O-]. The lowest BCUT2D eigenvalue weighted by atomic mass is 10.0. The van der Waals surface area contributed by atoms with Gasteiger partial charge < -0.3 is 15.2 Å². The van der Waals surface area contributed by atoms with Crippen molar-refractivity contribution >= 4 is 16.3 Å². The topological polar surface area (TPSA) is 114 Å². The van der Waals surface area contributed by atoms with Gasteiger partial charge in [0.25, 0.3) is 0 Å². The molecule has 1 amide bonds. The smallest absolute Gasteiger partial charge is 0.248 e. The maximum atomic E-state index is 11.6. The van der Waals surface area contributed by atoms with Gasteiger partial charge in [0.15, 0.2) is 0 Å². The Hall–Kier alpha value is -0.960. The molecule has 120 valence electrons. The summed E-state index contributed by atoms with van der Waals surface area (Å²) in [5, 5.41) is 0. The summed E-state index contributed by atoms with van der Waals surface area (Å²) in [7, 11) is -0.862. The minimum Gasteiger partial charge on any atom is -0.726 e. The summed E-state index contributed by atoms with van der Waals surface area (Å²) in [5.74, 6) is 0.116. The highest BCUT2D eigenvalue weighted by Gasteiger charge is 2.10. The second-order valence-electron chi connectivity index (χ2n) is 4.20. The molecule has 3 N–H and O–H groups in total. The third kappa shape index (κ3) is 10.9. The van der Waals surface area contributed by atoms with Crippen LogP contribution in [0.3, 0.4) is 0 Å². The number of amides is 1. The van der Waals surface area contributed by atoms with Crippen molar-refractivity contribution < 1.29 is 27.7 Å². The van der Waals surface area contributed by atoms with E-state index in [0.29, 0.717) is 0 Å². The molecule has 0 fully saturated rings. The molecule has 0 atom stereocenters. The van der Waals surface area contributed by atoms with Crippen LogP contribution < -0.4 is 5.73 Å². The number of likely N-dealkylation sites (N-methyl/N-ethyl adjacent to an activating group) is 1. The van der Waals surface area contributed by atoms with E-state index in [1.165, 1.54) is 12.5 Å². The van der Waals surface area contributed by atoms with Crippen LogP contribution in [0.2, 0.25) is 0 Å². The number of carbonyl (C=O) groups is 1. The summed E-state index contributed by atoms with van der Waals surface area (Å²) in [5.41, 5.74) is 5.92. The molecule has 7 nitrogen and oxygen atoms in total. The fourth-order valence-corrected chi connectivity index (χ4v) is 1.76. The zero-order valence-corrected chi connectivity index (χ0v) is 13.7. The zero-order chi connectivity index (χ0) is 16.3. The highest BCUT2D eigenvalue weighted by Crippen LogP contribution is 2.13. The fraction of sp³-hybridized carbons (Fsp3) is 0.750. The number of hydrogen-bond donors (Lipinski definition) is 1. The van der Waals surface area contributed by atoms with Gasteiger partial charge in [-0.25, -0.2) is 8.42 Å². The molecule has 0 rings (SSSR count). The van der Waals surface area contributed by atoms with Crippen LogP contribution in [0.15, 0.2) is 11.1 Å². The van der Waals surface area contributed by atoms with Crippen LogP contribution in [0.4, 0.5) is 0 Å². The lowest BCUT2D eigenvalue weighted by molar-refractivity contribution is -0.366. The number of carbonyl (C=O) groups excluding carboxylic acids is 1. The maximum absolute atomic E-state index is 11.6. The molecule has 0 aromatic carbocycles. The van der Waals surface area contributed by atoms with Crippen LogP contribution in [0.5, 0.6) is 0 Å². The maximum Gasteiger partial charge on any atom is 0.248 e. The average molecular weight is 310 g/mol. The van der Waals surface area contributed by atoms with Gasteiger partial charge in [0.2, 0.25) is 16.3 Å². The van der Waals surface area contributed by atoms with Gasteiger partial charge in [0.1, 0.15) is 0 Å². The molecule has 20 heavy (non-hydrogen) atoms. The molecule has 0 bridgehead atoms. The van der Waals surface area contributed by atoms with Gasteiger partial charge in [0.05, 0.1) is 13.2 Å². The fourth-order valence-electron chi connectivity index (χ4n) is 1.47. The van der Waals surface area contributed by atoms with Crippen molar-refractivity contribution in [2.24, 2.45) is 0 Å². The van der Waals surface area contributed by atoms with E-state index in [4.69, 9.17) is 0 Å². The summed E-state index contributed by atoms with van der Waals surface area (Å²) in [6.45, 7) is 6.18. The van der Waals surface area contributed by atoms with Gasteiger partial charge in [-0.2, -0.15) is 0 Å². The van der Waals surface area contributed by atoms with Crippen molar-refractivity contribution in [3.8, 4) is 0 Å². The summed E-state index contributed by atoms with van der Waals surface area (Å²) in [6.07, 6.45) is 1.88. The first-order chi connectivity index (χ1) is 9.10. The summed E-state index contributed by atoms with van der Waals surface area (Å²) < 4.78 is 32.0. The van der Waals surface area contributed by atoms with E-state index >= 15 is 0 Å². The van der Waals surface area contributed by atoms with E-state index in [2.05, 4.69) is 16.8 Å². The lowest BCUT2D eigenvalue weighted by Gasteiger charge is -2.13. The van der Waals surface area contributed by atoms with Crippen LogP contribution in [0.1, 0.15) is 33.6 Å². The zero-order valence-electron chi connectivity index (χ0n) is 12.9. The number of hydrogen-bond acceptors (Lipinski definition) is 5. The molecule has 0 aliphatic heterocycles. The predicted octanol–water partition coefficient (Wildman–Crippen LogP) is -0.0838. The standard InChI is InChI=1S/C10H20N2O.C2H6O4S/c1-5-9(6-7-11)8(2)10(13)12(3)4;1-2-6-7(3,4)5/h5-7,11H2,1-4H3;2H2,1H3,(H,3,4,5). The molecule has 8 heteroatoms. The molecular weight excluding hydrogens is 284 g/mol. The van der Waals surface area contributed by atoms with Gasteiger partial charge in [-0.05, 0) is 20.3 Å². The van der Waals surface area contributed by atoms with Crippen molar-refractivity contribution in [2.75, 3.05) is 27.2 Å². The minimum absolute atomic E-state index is 0.0914. The Kier molecular flexibility index (Phi) is 11.5. The predicted molar refractivity (Wildman–Crippen MR) is 75.4 cm³/mol. The van der Waals surface area contributed by atoms with Crippen molar-refractivity contribution in [3.05, 3.63) is 11.1 Å². The third-order valence-corrected chi connectivity index (χ3v) is 2.95. The molecule has 0 aromatic heterocycles. The summed E-state index contributed by atoms with van der Waals surface area (Å²) in [6, 6.07) is 0. The van der Waals surface area contributed by atoms with E-state index in [-0.39, 0.29) is 12.5 Å². The van der Waals surface area contributed by atoms with E-state index in [1.54, 1.807) is 19.0 Å². The Morgan fingerprint density at radius 1 is 1.30 bits per heavy atom. The van der Waals surface area contributed by atoms with Crippen molar-refractivity contribution in [1.29, 1.82) is 0 Å². The second kappa shape index (κ2) is 10.8. The Morgan fingerprint density at radius 3 is 2.00 bits per heavy atom. The largest absolute Gasteiger partial charge is 0.726 e. The average Bonchev–Trinajstić information content (AvgIpc) is 2.33. The molecule has 0 saturated carbocycles. The van der Waals surface area contributed by atoms with Crippen molar-refractivity contribution in [2.45, 2.75) is 33.6 Å². The lowest BCUT2D eigenvalue weighted by Crippen LogP contribution is -2.50. The van der Waals surface area contributed by atoms with Crippen molar-refractivity contribution in [1.82, 2.24) is 4.90 Å². The Bertz CT molecular complexity index is 416. The van der Waals surface area contributed by atoms with Crippen LogP contribution >= 0.6 is 0 Å². The van der Waals surface area contributed by atoms with E-state index in [1.807, 2.05) is 6.92 Å². The Labute approximate surface area is 121 Å². The van der Waals surface area contributed by atoms with Gasteiger partial charge in [-0.1, -0.05) is 12.5 Å². The van der Waals surface area contributed by atoms with Gasteiger partial charge in [0, 0.05) is 26.1 Å². The number of quaternary nitrogens is 1. The first kappa shape index (κ1) is 21.3.